The number of rotatable bonds is 4. The summed E-state index contributed by atoms with van der Waals surface area (Å²) in [7, 11) is 1.35. The molecule has 0 unspecified atom stereocenters. The molecule has 0 amide bonds. The SMILES string of the molecule is CCc1cccc(Nc2cc(C)c(N)c(C(=O)OC)c2)c1. The van der Waals surface area contributed by atoms with E-state index in [1.54, 1.807) is 6.07 Å². The Balaban J connectivity index is 2.36. The number of hydrogen-bond donors (Lipinski definition) is 2. The van der Waals surface area contributed by atoms with Gasteiger partial charge in [-0.25, -0.2) is 4.79 Å². The number of nitrogen functional groups attached to an aromatic ring is 1. The van der Waals surface area contributed by atoms with Crippen LogP contribution >= 0.6 is 0 Å². The zero-order chi connectivity index (χ0) is 15.4. The number of anilines is 3. The Bertz CT molecular complexity index is 666. The van der Waals surface area contributed by atoms with Gasteiger partial charge >= 0.3 is 5.97 Å². The summed E-state index contributed by atoms with van der Waals surface area (Å²) in [5.74, 6) is -0.429. The van der Waals surface area contributed by atoms with Gasteiger partial charge < -0.3 is 15.8 Å². The fourth-order valence-corrected chi connectivity index (χ4v) is 2.19. The van der Waals surface area contributed by atoms with Crippen molar-refractivity contribution >= 4 is 23.0 Å². The number of nitrogens with two attached hydrogens (primary N) is 1. The first kappa shape index (κ1) is 14.9. The van der Waals surface area contributed by atoms with Crippen LogP contribution in [-0.2, 0) is 11.2 Å². The predicted octanol–water partition coefficient (Wildman–Crippen LogP) is 3.67. The Kier molecular flexibility index (Phi) is 4.48. The first-order chi connectivity index (χ1) is 10.0. The predicted molar refractivity (Wildman–Crippen MR) is 86.0 cm³/mol. The smallest absolute Gasteiger partial charge is 0.340 e. The maximum absolute atomic E-state index is 11.8. The van der Waals surface area contributed by atoms with Gasteiger partial charge in [-0.2, -0.15) is 0 Å². The molecule has 0 aliphatic carbocycles. The highest BCUT2D eigenvalue weighted by Gasteiger charge is 2.13. The monoisotopic (exact) mass is 284 g/mol. The van der Waals surface area contributed by atoms with Crippen molar-refractivity contribution in [2.75, 3.05) is 18.2 Å². The van der Waals surface area contributed by atoms with Crippen LogP contribution in [0.4, 0.5) is 17.1 Å². The van der Waals surface area contributed by atoms with Gasteiger partial charge in [0.1, 0.15) is 0 Å². The standard InChI is InChI=1S/C17H20N2O2/c1-4-12-6-5-7-13(9-12)19-14-8-11(2)16(18)15(10-14)17(20)21-3/h5-10,19H,4,18H2,1-3H3. The van der Waals surface area contributed by atoms with Crippen LogP contribution in [0.5, 0.6) is 0 Å². The van der Waals surface area contributed by atoms with Crippen molar-refractivity contribution in [2.24, 2.45) is 0 Å². The van der Waals surface area contributed by atoms with Crippen LogP contribution < -0.4 is 11.1 Å². The Morgan fingerprint density at radius 3 is 2.67 bits per heavy atom. The normalized spacial score (nSPS) is 10.2. The molecular weight excluding hydrogens is 264 g/mol. The molecule has 0 radical (unpaired) electrons. The molecular formula is C17H20N2O2. The number of esters is 1. The molecule has 0 aromatic heterocycles. The Labute approximate surface area is 124 Å². The molecule has 3 N–H and O–H groups in total. The Morgan fingerprint density at radius 2 is 2.00 bits per heavy atom. The third kappa shape index (κ3) is 3.34. The zero-order valence-electron chi connectivity index (χ0n) is 12.6. The minimum Gasteiger partial charge on any atom is -0.465 e. The van der Waals surface area contributed by atoms with E-state index in [0.717, 1.165) is 23.4 Å². The Morgan fingerprint density at radius 1 is 1.24 bits per heavy atom. The van der Waals surface area contributed by atoms with E-state index in [9.17, 15) is 4.79 Å². The largest absolute Gasteiger partial charge is 0.465 e. The van der Waals surface area contributed by atoms with Gasteiger partial charge in [0.15, 0.2) is 0 Å². The summed E-state index contributed by atoms with van der Waals surface area (Å²) >= 11 is 0. The highest BCUT2D eigenvalue weighted by atomic mass is 16.5. The molecule has 2 aromatic rings. The van der Waals surface area contributed by atoms with Crippen LogP contribution in [0.3, 0.4) is 0 Å². The number of nitrogens with one attached hydrogen (secondary N) is 1. The molecule has 0 bridgehead atoms. The summed E-state index contributed by atoms with van der Waals surface area (Å²) in [6.45, 7) is 3.98. The van der Waals surface area contributed by atoms with E-state index in [-0.39, 0.29) is 0 Å². The average molecular weight is 284 g/mol. The number of carbonyl (C=O) groups excluding carboxylic acids is 1. The van der Waals surface area contributed by atoms with Gasteiger partial charge in [0.2, 0.25) is 0 Å². The van der Waals surface area contributed by atoms with Crippen LogP contribution in [0, 0.1) is 6.92 Å². The maximum atomic E-state index is 11.8. The van der Waals surface area contributed by atoms with Gasteiger partial charge in [-0.1, -0.05) is 19.1 Å². The average Bonchev–Trinajstić information content (AvgIpc) is 2.50. The quantitative estimate of drug-likeness (QED) is 0.664. The van der Waals surface area contributed by atoms with E-state index >= 15 is 0 Å². The molecule has 0 fully saturated rings. The minimum absolute atomic E-state index is 0.381. The van der Waals surface area contributed by atoms with Gasteiger partial charge in [0, 0.05) is 17.1 Å². The van der Waals surface area contributed by atoms with Crippen molar-refractivity contribution in [2.45, 2.75) is 20.3 Å². The molecule has 0 heterocycles. The number of carbonyl (C=O) groups is 1. The van der Waals surface area contributed by atoms with Crippen molar-refractivity contribution in [3.05, 3.63) is 53.1 Å². The molecule has 2 aromatic carbocycles. The maximum Gasteiger partial charge on any atom is 0.340 e. The van der Waals surface area contributed by atoms with E-state index in [4.69, 9.17) is 10.5 Å². The molecule has 110 valence electrons. The topological polar surface area (TPSA) is 64.3 Å². The molecule has 4 heteroatoms. The van der Waals surface area contributed by atoms with Gasteiger partial charge in [0.25, 0.3) is 0 Å². The third-order valence-corrected chi connectivity index (χ3v) is 3.42. The second-order valence-corrected chi connectivity index (χ2v) is 4.92. The van der Waals surface area contributed by atoms with E-state index in [1.807, 2.05) is 25.1 Å². The van der Waals surface area contributed by atoms with Gasteiger partial charge in [-0.05, 0) is 48.7 Å². The fourth-order valence-electron chi connectivity index (χ4n) is 2.19. The third-order valence-electron chi connectivity index (χ3n) is 3.42. The van der Waals surface area contributed by atoms with E-state index in [2.05, 4.69) is 24.4 Å². The first-order valence-electron chi connectivity index (χ1n) is 6.89. The molecule has 4 nitrogen and oxygen atoms in total. The van der Waals surface area contributed by atoms with E-state index in [0.29, 0.717) is 11.3 Å². The van der Waals surface area contributed by atoms with E-state index in [1.165, 1.54) is 12.7 Å². The number of aryl methyl sites for hydroxylation is 2. The molecule has 2 rings (SSSR count). The van der Waals surface area contributed by atoms with Crippen molar-refractivity contribution in [1.29, 1.82) is 0 Å². The van der Waals surface area contributed by atoms with Gasteiger partial charge in [-0.15, -0.1) is 0 Å². The van der Waals surface area contributed by atoms with Crippen LogP contribution in [0.15, 0.2) is 36.4 Å². The molecule has 0 saturated carbocycles. The lowest BCUT2D eigenvalue weighted by Crippen LogP contribution is -2.08. The highest BCUT2D eigenvalue weighted by molar-refractivity contribution is 5.97. The first-order valence-corrected chi connectivity index (χ1v) is 6.89. The van der Waals surface area contributed by atoms with Gasteiger partial charge in [-0.3, -0.25) is 0 Å². The van der Waals surface area contributed by atoms with Gasteiger partial charge in [0.05, 0.1) is 12.7 Å². The number of methoxy groups -OCH3 is 1. The minimum atomic E-state index is -0.429. The summed E-state index contributed by atoms with van der Waals surface area (Å²) in [5.41, 5.74) is 10.7. The summed E-state index contributed by atoms with van der Waals surface area (Å²) in [5, 5.41) is 3.30. The number of ether oxygens (including phenoxy) is 1. The van der Waals surface area contributed by atoms with Crippen molar-refractivity contribution in [1.82, 2.24) is 0 Å². The zero-order valence-corrected chi connectivity index (χ0v) is 12.6. The van der Waals surface area contributed by atoms with Crippen LogP contribution in [-0.4, -0.2) is 13.1 Å². The fraction of sp³-hybridized carbons (Fsp3) is 0.235. The van der Waals surface area contributed by atoms with Crippen molar-refractivity contribution in [3.8, 4) is 0 Å². The van der Waals surface area contributed by atoms with E-state index < -0.39 is 5.97 Å². The van der Waals surface area contributed by atoms with Crippen LogP contribution in [0.25, 0.3) is 0 Å². The highest BCUT2D eigenvalue weighted by Crippen LogP contribution is 2.26. The van der Waals surface area contributed by atoms with Crippen LogP contribution in [0.2, 0.25) is 0 Å². The second-order valence-electron chi connectivity index (χ2n) is 4.92. The second kappa shape index (κ2) is 6.31. The van der Waals surface area contributed by atoms with Crippen molar-refractivity contribution < 1.29 is 9.53 Å². The van der Waals surface area contributed by atoms with Crippen LogP contribution in [0.1, 0.15) is 28.4 Å². The Hall–Kier alpha value is -2.49. The number of benzene rings is 2. The molecule has 0 aliphatic rings. The van der Waals surface area contributed by atoms with Crippen molar-refractivity contribution in [3.63, 3.8) is 0 Å². The molecule has 0 atom stereocenters. The lowest BCUT2D eigenvalue weighted by Gasteiger charge is -2.13. The number of hydrogen-bond acceptors (Lipinski definition) is 4. The summed E-state index contributed by atoms with van der Waals surface area (Å²) in [6, 6.07) is 11.8. The molecule has 0 aliphatic heterocycles. The summed E-state index contributed by atoms with van der Waals surface area (Å²) in [4.78, 5) is 11.8. The molecule has 0 spiro atoms. The lowest BCUT2D eigenvalue weighted by atomic mass is 10.1. The summed E-state index contributed by atoms with van der Waals surface area (Å²) < 4.78 is 4.77. The molecule has 0 saturated heterocycles. The molecule has 21 heavy (non-hydrogen) atoms. The lowest BCUT2D eigenvalue weighted by molar-refractivity contribution is 0.0602. The summed E-state index contributed by atoms with van der Waals surface area (Å²) in [6.07, 6.45) is 0.976.